The third-order valence-corrected chi connectivity index (χ3v) is 3.16. The molecule has 82 valence electrons. The summed E-state index contributed by atoms with van der Waals surface area (Å²) >= 11 is 0. The molecule has 1 saturated carbocycles. The highest BCUT2D eigenvalue weighted by Crippen LogP contribution is 2.30. The Kier molecular flexibility index (Phi) is 3.31. The molecule has 0 atom stereocenters. The van der Waals surface area contributed by atoms with Crippen molar-refractivity contribution in [3.63, 3.8) is 0 Å². The molecule has 0 radical (unpaired) electrons. The molecule has 15 heavy (non-hydrogen) atoms. The van der Waals surface area contributed by atoms with E-state index in [0.29, 0.717) is 5.92 Å². The molecule has 1 aliphatic carbocycles. The van der Waals surface area contributed by atoms with Crippen molar-refractivity contribution in [1.29, 1.82) is 0 Å². The highest BCUT2D eigenvalue weighted by Gasteiger charge is 2.22. The summed E-state index contributed by atoms with van der Waals surface area (Å²) in [6.45, 7) is 2.11. The minimum atomic E-state index is -0.101. The molecule has 0 bridgehead atoms. The Labute approximate surface area is 90.6 Å². The monoisotopic (exact) mass is 206 g/mol. The molecule has 3 nitrogen and oxygen atoms in total. The molecule has 0 saturated heterocycles. The fourth-order valence-electron chi connectivity index (χ4n) is 2.14. The standard InChI is InChI=1S/C12H18N2O/c1-2-10-7-8-13-12(14-10)9-3-5-11(15)6-4-9/h7-9,11,15H,2-6H2,1H3. The van der Waals surface area contributed by atoms with E-state index in [0.717, 1.165) is 43.6 Å². The first-order valence-corrected chi connectivity index (χ1v) is 5.79. The molecule has 0 aromatic carbocycles. The van der Waals surface area contributed by atoms with E-state index in [9.17, 15) is 5.11 Å². The SMILES string of the molecule is CCc1ccnc(C2CCC(O)CC2)n1. The summed E-state index contributed by atoms with van der Waals surface area (Å²) in [4.78, 5) is 8.89. The molecule has 2 rings (SSSR count). The van der Waals surface area contributed by atoms with Crippen LogP contribution in [0.15, 0.2) is 12.3 Å². The normalized spacial score (nSPS) is 26.5. The van der Waals surface area contributed by atoms with Gasteiger partial charge in [-0.1, -0.05) is 6.92 Å². The molecule has 0 aliphatic heterocycles. The summed E-state index contributed by atoms with van der Waals surface area (Å²) in [5.74, 6) is 1.43. The first-order chi connectivity index (χ1) is 7.29. The Hall–Kier alpha value is -0.960. The predicted octanol–water partition coefficient (Wildman–Crippen LogP) is 2.06. The maximum Gasteiger partial charge on any atom is 0.131 e. The van der Waals surface area contributed by atoms with Gasteiger partial charge in [-0.25, -0.2) is 9.97 Å². The van der Waals surface area contributed by atoms with Crippen molar-refractivity contribution in [2.75, 3.05) is 0 Å². The molecule has 1 aromatic rings. The van der Waals surface area contributed by atoms with Gasteiger partial charge in [0.25, 0.3) is 0 Å². The number of nitrogens with zero attached hydrogens (tertiary/aromatic N) is 2. The number of aliphatic hydroxyl groups excluding tert-OH is 1. The van der Waals surface area contributed by atoms with Crippen molar-refractivity contribution >= 4 is 0 Å². The van der Waals surface area contributed by atoms with Gasteiger partial charge in [0.15, 0.2) is 0 Å². The topological polar surface area (TPSA) is 46.0 Å². The zero-order valence-electron chi connectivity index (χ0n) is 9.19. The fraction of sp³-hybridized carbons (Fsp3) is 0.667. The van der Waals surface area contributed by atoms with Crippen molar-refractivity contribution in [2.24, 2.45) is 0 Å². The molecule has 1 fully saturated rings. The van der Waals surface area contributed by atoms with Gasteiger partial charge in [0.05, 0.1) is 6.10 Å². The lowest BCUT2D eigenvalue weighted by molar-refractivity contribution is 0.121. The lowest BCUT2D eigenvalue weighted by Gasteiger charge is -2.24. The Bertz CT molecular complexity index is 319. The van der Waals surface area contributed by atoms with E-state index in [1.807, 2.05) is 12.3 Å². The summed E-state index contributed by atoms with van der Waals surface area (Å²) in [6.07, 6.45) is 6.55. The molecule has 1 aliphatic rings. The number of hydrogen-bond donors (Lipinski definition) is 1. The van der Waals surface area contributed by atoms with E-state index in [1.54, 1.807) is 0 Å². The van der Waals surface area contributed by atoms with Crippen LogP contribution >= 0.6 is 0 Å². The van der Waals surface area contributed by atoms with Gasteiger partial charge in [-0.15, -0.1) is 0 Å². The van der Waals surface area contributed by atoms with E-state index < -0.39 is 0 Å². The highest BCUT2D eigenvalue weighted by atomic mass is 16.3. The molecule has 0 amide bonds. The number of aliphatic hydroxyl groups is 1. The first-order valence-electron chi connectivity index (χ1n) is 5.79. The minimum absolute atomic E-state index is 0.101. The average Bonchev–Trinajstić information content (AvgIpc) is 2.30. The zero-order chi connectivity index (χ0) is 10.7. The Balaban J connectivity index is 2.08. The molecule has 3 heteroatoms. The second kappa shape index (κ2) is 4.71. The van der Waals surface area contributed by atoms with Gasteiger partial charge in [0.2, 0.25) is 0 Å². The van der Waals surface area contributed by atoms with E-state index in [1.165, 1.54) is 0 Å². The van der Waals surface area contributed by atoms with Crippen LogP contribution in [0.4, 0.5) is 0 Å². The Morgan fingerprint density at radius 2 is 2.07 bits per heavy atom. The van der Waals surface area contributed by atoms with Gasteiger partial charge in [-0.3, -0.25) is 0 Å². The van der Waals surface area contributed by atoms with Crippen LogP contribution in [-0.4, -0.2) is 21.2 Å². The molecular weight excluding hydrogens is 188 g/mol. The highest BCUT2D eigenvalue weighted by molar-refractivity contribution is 5.06. The number of aromatic nitrogens is 2. The predicted molar refractivity (Wildman–Crippen MR) is 58.6 cm³/mol. The van der Waals surface area contributed by atoms with E-state index in [4.69, 9.17) is 0 Å². The van der Waals surface area contributed by atoms with Crippen LogP contribution in [0.3, 0.4) is 0 Å². The van der Waals surface area contributed by atoms with Crippen molar-refractivity contribution < 1.29 is 5.11 Å². The number of rotatable bonds is 2. The quantitative estimate of drug-likeness (QED) is 0.805. The smallest absolute Gasteiger partial charge is 0.131 e. The number of aryl methyl sites for hydroxylation is 1. The molecule has 1 heterocycles. The summed E-state index contributed by atoms with van der Waals surface area (Å²) in [6, 6.07) is 1.97. The van der Waals surface area contributed by atoms with Gasteiger partial charge in [-0.05, 0) is 38.2 Å². The molecule has 0 unspecified atom stereocenters. The average molecular weight is 206 g/mol. The van der Waals surface area contributed by atoms with Gasteiger partial charge < -0.3 is 5.11 Å². The molecule has 1 N–H and O–H groups in total. The zero-order valence-corrected chi connectivity index (χ0v) is 9.19. The lowest BCUT2D eigenvalue weighted by atomic mass is 9.87. The largest absolute Gasteiger partial charge is 0.393 e. The van der Waals surface area contributed by atoms with Gasteiger partial charge in [-0.2, -0.15) is 0 Å². The number of hydrogen-bond acceptors (Lipinski definition) is 3. The van der Waals surface area contributed by atoms with Gasteiger partial charge in [0, 0.05) is 17.8 Å². The molecule has 0 spiro atoms. The van der Waals surface area contributed by atoms with Crippen molar-refractivity contribution in [2.45, 2.75) is 51.0 Å². The molecule has 1 aromatic heterocycles. The summed E-state index contributed by atoms with van der Waals surface area (Å²) in [5.41, 5.74) is 1.12. The summed E-state index contributed by atoms with van der Waals surface area (Å²) in [5, 5.41) is 9.43. The minimum Gasteiger partial charge on any atom is -0.393 e. The van der Waals surface area contributed by atoms with Crippen LogP contribution in [0.2, 0.25) is 0 Å². The lowest BCUT2D eigenvalue weighted by Crippen LogP contribution is -2.18. The van der Waals surface area contributed by atoms with E-state index in [-0.39, 0.29) is 6.10 Å². The van der Waals surface area contributed by atoms with Crippen molar-refractivity contribution in [3.05, 3.63) is 23.8 Å². The third kappa shape index (κ3) is 2.53. The van der Waals surface area contributed by atoms with Crippen LogP contribution in [0.1, 0.15) is 50.0 Å². The van der Waals surface area contributed by atoms with E-state index >= 15 is 0 Å². The van der Waals surface area contributed by atoms with E-state index in [2.05, 4.69) is 16.9 Å². The summed E-state index contributed by atoms with van der Waals surface area (Å²) in [7, 11) is 0. The third-order valence-electron chi connectivity index (χ3n) is 3.16. The van der Waals surface area contributed by atoms with Crippen LogP contribution in [-0.2, 0) is 6.42 Å². The maximum absolute atomic E-state index is 9.43. The summed E-state index contributed by atoms with van der Waals surface area (Å²) < 4.78 is 0. The van der Waals surface area contributed by atoms with Crippen LogP contribution in [0, 0.1) is 0 Å². The molecular formula is C12H18N2O. The second-order valence-corrected chi connectivity index (χ2v) is 4.27. The fourth-order valence-corrected chi connectivity index (χ4v) is 2.14. The van der Waals surface area contributed by atoms with Gasteiger partial charge >= 0.3 is 0 Å². The van der Waals surface area contributed by atoms with Crippen LogP contribution in [0.25, 0.3) is 0 Å². The van der Waals surface area contributed by atoms with Crippen molar-refractivity contribution in [3.8, 4) is 0 Å². The Morgan fingerprint density at radius 3 is 2.73 bits per heavy atom. The Morgan fingerprint density at radius 1 is 1.33 bits per heavy atom. The second-order valence-electron chi connectivity index (χ2n) is 4.27. The first kappa shape index (κ1) is 10.6. The van der Waals surface area contributed by atoms with Crippen LogP contribution < -0.4 is 0 Å². The van der Waals surface area contributed by atoms with Crippen LogP contribution in [0.5, 0.6) is 0 Å². The maximum atomic E-state index is 9.43. The van der Waals surface area contributed by atoms with Crippen molar-refractivity contribution in [1.82, 2.24) is 9.97 Å². The van der Waals surface area contributed by atoms with Gasteiger partial charge in [0.1, 0.15) is 5.82 Å².